The molecule has 2 aromatic heterocycles. The molecular formula is C21H20N4O3S. The fourth-order valence-electron chi connectivity index (χ4n) is 3.61. The minimum atomic E-state index is -0.414. The van der Waals surface area contributed by atoms with Crippen LogP contribution < -0.4 is 5.32 Å². The number of benzene rings is 1. The zero-order valence-electron chi connectivity index (χ0n) is 15.8. The number of aromatic nitrogens is 1. The van der Waals surface area contributed by atoms with Crippen LogP contribution in [0.4, 0.5) is 5.69 Å². The van der Waals surface area contributed by atoms with E-state index in [0.29, 0.717) is 10.9 Å². The molecule has 0 spiro atoms. The van der Waals surface area contributed by atoms with Crippen molar-refractivity contribution in [2.75, 3.05) is 6.54 Å². The summed E-state index contributed by atoms with van der Waals surface area (Å²) in [7, 11) is 0. The van der Waals surface area contributed by atoms with Crippen molar-refractivity contribution in [3.63, 3.8) is 0 Å². The van der Waals surface area contributed by atoms with Gasteiger partial charge >= 0.3 is 0 Å². The molecule has 8 heteroatoms. The first-order valence-corrected chi connectivity index (χ1v) is 9.82. The highest BCUT2D eigenvalue weighted by atomic mass is 32.1. The van der Waals surface area contributed by atoms with Crippen LogP contribution in [0.3, 0.4) is 0 Å². The summed E-state index contributed by atoms with van der Waals surface area (Å²) in [5.41, 5.74) is 1.73. The predicted octanol–water partition coefficient (Wildman–Crippen LogP) is 4.63. The van der Waals surface area contributed by atoms with Crippen molar-refractivity contribution in [2.45, 2.75) is 25.4 Å². The number of hydrogen-bond donors (Lipinski definition) is 1. The number of rotatable bonds is 6. The first kappa shape index (κ1) is 19.1. The fourth-order valence-corrected chi connectivity index (χ4v) is 3.94. The normalized spacial score (nSPS) is 18.7. The molecule has 0 saturated carbocycles. The van der Waals surface area contributed by atoms with E-state index in [1.165, 1.54) is 12.1 Å². The summed E-state index contributed by atoms with van der Waals surface area (Å²) in [5.74, 6) is 1.43. The minimum absolute atomic E-state index is 0.0511. The highest BCUT2D eigenvalue weighted by Gasteiger charge is 2.41. The van der Waals surface area contributed by atoms with Gasteiger partial charge in [-0.2, -0.15) is 0 Å². The number of pyridine rings is 1. The Balaban J connectivity index is 1.68. The van der Waals surface area contributed by atoms with Gasteiger partial charge in [-0.3, -0.25) is 15.1 Å². The maximum atomic E-state index is 10.9. The average molecular weight is 408 g/mol. The molecule has 1 aliphatic heterocycles. The molecule has 1 saturated heterocycles. The molecule has 148 valence electrons. The van der Waals surface area contributed by atoms with Crippen LogP contribution in [0, 0.1) is 10.1 Å². The van der Waals surface area contributed by atoms with Gasteiger partial charge in [-0.1, -0.05) is 13.0 Å². The van der Waals surface area contributed by atoms with E-state index < -0.39 is 4.92 Å². The SMILES string of the molecule is CCCN1C(=S)N[C@@H](c2ccccn2)[C@@H]1c1ccc(-c2ccc([N+](=O)[O-])cc2)o1. The molecule has 29 heavy (non-hydrogen) atoms. The highest BCUT2D eigenvalue weighted by molar-refractivity contribution is 7.80. The number of furan rings is 1. The number of non-ortho nitro benzene ring substituents is 1. The molecule has 1 aliphatic rings. The summed E-state index contributed by atoms with van der Waals surface area (Å²) in [4.78, 5) is 17.1. The van der Waals surface area contributed by atoms with E-state index in [-0.39, 0.29) is 17.8 Å². The van der Waals surface area contributed by atoms with E-state index in [1.807, 2.05) is 30.3 Å². The number of nitro benzene ring substituents is 1. The van der Waals surface area contributed by atoms with E-state index in [1.54, 1.807) is 18.3 Å². The lowest BCUT2D eigenvalue weighted by Crippen LogP contribution is -2.30. The van der Waals surface area contributed by atoms with Gasteiger partial charge in [-0.25, -0.2) is 0 Å². The lowest BCUT2D eigenvalue weighted by Gasteiger charge is -2.25. The molecule has 4 rings (SSSR count). The molecule has 3 heterocycles. The van der Waals surface area contributed by atoms with Crippen molar-refractivity contribution < 1.29 is 9.34 Å². The van der Waals surface area contributed by atoms with Crippen LogP contribution in [0.25, 0.3) is 11.3 Å². The molecule has 7 nitrogen and oxygen atoms in total. The van der Waals surface area contributed by atoms with Crippen LogP contribution in [-0.2, 0) is 0 Å². The van der Waals surface area contributed by atoms with Crippen LogP contribution in [0.15, 0.2) is 65.2 Å². The lowest BCUT2D eigenvalue weighted by atomic mass is 10.0. The molecule has 0 bridgehead atoms. The van der Waals surface area contributed by atoms with Gasteiger partial charge in [0.15, 0.2) is 5.11 Å². The van der Waals surface area contributed by atoms with Crippen molar-refractivity contribution >= 4 is 23.0 Å². The summed E-state index contributed by atoms with van der Waals surface area (Å²) >= 11 is 5.58. The summed E-state index contributed by atoms with van der Waals surface area (Å²) in [5, 5.41) is 14.9. The van der Waals surface area contributed by atoms with E-state index in [9.17, 15) is 10.1 Å². The number of hydrogen-bond acceptors (Lipinski definition) is 5. The van der Waals surface area contributed by atoms with Gasteiger partial charge < -0.3 is 14.6 Å². The zero-order chi connectivity index (χ0) is 20.4. The predicted molar refractivity (Wildman–Crippen MR) is 113 cm³/mol. The monoisotopic (exact) mass is 408 g/mol. The smallest absolute Gasteiger partial charge is 0.269 e. The topological polar surface area (TPSA) is 84.4 Å². The fraction of sp³-hybridized carbons (Fsp3) is 0.238. The van der Waals surface area contributed by atoms with Crippen LogP contribution in [0.5, 0.6) is 0 Å². The van der Waals surface area contributed by atoms with Gasteiger partial charge in [0, 0.05) is 30.4 Å². The molecule has 0 radical (unpaired) electrons. The van der Waals surface area contributed by atoms with E-state index >= 15 is 0 Å². The van der Waals surface area contributed by atoms with Gasteiger partial charge in [-0.05, 0) is 55.0 Å². The number of nitrogens with one attached hydrogen (secondary N) is 1. The summed E-state index contributed by atoms with van der Waals surface area (Å²) < 4.78 is 6.19. The maximum Gasteiger partial charge on any atom is 0.269 e. The molecule has 1 aromatic carbocycles. The Kier molecular flexibility index (Phi) is 5.26. The Morgan fingerprint density at radius 1 is 1.21 bits per heavy atom. The van der Waals surface area contributed by atoms with Crippen LogP contribution in [0.2, 0.25) is 0 Å². The van der Waals surface area contributed by atoms with E-state index in [4.69, 9.17) is 16.6 Å². The number of thiocarbonyl (C=S) groups is 1. The molecule has 1 fully saturated rings. The highest BCUT2D eigenvalue weighted by Crippen LogP contribution is 2.40. The molecule has 1 N–H and O–H groups in total. The molecule has 0 aliphatic carbocycles. The Morgan fingerprint density at radius 2 is 2.00 bits per heavy atom. The maximum absolute atomic E-state index is 10.9. The molecule has 3 aromatic rings. The summed E-state index contributed by atoms with van der Waals surface area (Å²) in [6.45, 7) is 2.91. The van der Waals surface area contributed by atoms with Crippen molar-refractivity contribution in [1.82, 2.24) is 15.2 Å². The largest absolute Gasteiger partial charge is 0.459 e. The molecule has 2 atom stereocenters. The third kappa shape index (κ3) is 3.71. The van der Waals surface area contributed by atoms with Crippen molar-refractivity contribution in [3.8, 4) is 11.3 Å². The molecular weight excluding hydrogens is 388 g/mol. The van der Waals surface area contributed by atoms with E-state index in [2.05, 4.69) is 22.1 Å². The first-order chi connectivity index (χ1) is 14.1. The van der Waals surface area contributed by atoms with Crippen LogP contribution >= 0.6 is 12.2 Å². The Hall–Kier alpha value is -3.26. The van der Waals surface area contributed by atoms with Gasteiger partial charge in [0.1, 0.15) is 17.6 Å². The van der Waals surface area contributed by atoms with Gasteiger partial charge in [-0.15, -0.1) is 0 Å². The van der Waals surface area contributed by atoms with Crippen molar-refractivity contribution in [3.05, 3.63) is 82.4 Å². The Bertz CT molecular complexity index is 1020. The second-order valence-electron chi connectivity index (χ2n) is 6.83. The molecule has 0 unspecified atom stereocenters. The average Bonchev–Trinajstić information content (AvgIpc) is 3.34. The Morgan fingerprint density at radius 3 is 2.66 bits per heavy atom. The van der Waals surface area contributed by atoms with Crippen LogP contribution in [0.1, 0.15) is 36.9 Å². The third-order valence-corrected chi connectivity index (χ3v) is 5.30. The minimum Gasteiger partial charge on any atom is -0.459 e. The summed E-state index contributed by atoms with van der Waals surface area (Å²) in [6, 6.07) is 15.7. The van der Waals surface area contributed by atoms with Crippen LogP contribution in [-0.4, -0.2) is 26.5 Å². The van der Waals surface area contributed by atoms with Crippen molar-refractivity contribution in [2.24, 2.45) is 0 Å². The van der Waals surface area contributed by atoms with E-state index in [0.717, 1.165) is 30.0 Å². The number of nitrogens with zero attached hydrogens (tertiary/aromatic N) is 3. The standard InChI is InChI=1S/C21H20N4O3S/c1-2-13-24-20(19(23-21(24)29)16-5-3-4-12-22-16)18-11-10-17(28-18)14-6-8-15(9-7-14)25(26)27/h3-12,19-20H,2,13H2,1H3,(H,23,29)/t19-,20-/m0/s1. The second-order valence-corrected chi connectivity index (χ2v) is 7.21. The third-order valence-electron chi connectivity index (χ3n) is 4.94. The lowest BCUT2D eigenvalue weighted by molar-refractivity contribution is -0.384. The Labute approximate surface area is 173 Å². The van der Waals surface area contributed by atoms with Gasteiger partial charge in [0.25, 0.3) is 5.69 Å². The van der Waals surface area contributed by atoms with Gasteiger partial charge in [0.2, 0.25) is 0 Å². The molecule has 0 amide bonds. The quantitative estimate of drug-likeness (QED) is 0.361. The second kappa shape index (κ2) is 8.00. The zero-order valence-corrected chi connectivity index (χ0v) is 16.6. The number of nitro groups is 1. The van der Waals surface area contributed by atoms with Crippen molar-refractivity contribution in [1.29, 1.82) is 0 Å². The first-order valence-electron chi connectivity index (χ1n) is 9.41. The van der Waals surface area contributed by atoms with Gasteiger partial charge in [0.05, 0.1) is 16.7 Å². The summed E-state index contributed by atoms with van der Waals surface area (Å²) in [6.07, 6.45) is 2.72.